The molecule has 1 atom stereocenters. The number of carbonyl (C=O) groups excluding carboxylic acids is 1. The van der Waals surface area contributed by atoms with Gasteiger partial charge in [-0.15, -0.1) is 0 Å². The third kappa shape index (κ3) is 3.72. The number of nitrogens with zero attached hydrogens (tertiary/aromatic N) is 2. The molecule has 0 bridgehead atoms. The summed E-state index contributed by atoms with van der Waals surface area (Å²) in [6.45, 7) is 0.806. The summed E-state index contributed by atoms with van der Waals surface area (Å²) in [6, 6.07) is 10.1. The zero-order valence-corrected chi connectivity index (χ0v) is 14.6. The largest absolute Gasteiger partial charge is 0.497 e. The predicted octanol–water partition coefficient (Wildman–Crippen LogP) is 3.70. The van der Waals surface area contributed by atoms with Crippen molar-refractivity contribution in [1.82, 2.24) is 9.88 Å². The van der Waals surface area contributed by atoms with Crippen LogP contribution in [0, 0.1) is 0 Å². The summed E-state index contributed by atoms with van der Waals surface area (Å²) in [4.78, 5) is 18.8. The van der Waals surface area contributed by atoms with E-state index in [9.17, 15) is 4.79 Å². The van der Waals surface area contributed by atoms with Gasteiger partial charge in [0, 0.05) is 29.5 Å². The van der Waals surface area contributed by atoms with E-state index in [1.54, 1.807) is 19.5 Å². The first-order valence-electron chi connectivity index (χ1n) is 7.72. The first kappa shape index (κ1) is 16.0. The average Bonchev–Trinajstić information content (AvgIpc) is 3.02. The summed E-state index contributed by atoms with van der Waals surface area (Å²) in [5.41, 5.74) is 1.83. The number of benzene rings is 1. The quantitative estimate of drug-likeness (QED) is 0.819. The molecule has 120 valence electrons. The predicted molar refractivity (Wildman–Crippen MR) is 92.7 cm³/mol. The van der Waals surface area contributed by atoms with Crippen LogP contribution in [0.25, 0.3) is 0 Å². The highest BCUT2D eigenvalue weighted by Crippen LogP contribution is 2.25. The van der Waals surface area contributed by atoms with Crippen LogP contribution >= 0.6 is 15.9 Å². The second kappa shape index (κ2) is 7.13. The Morgan fingerprint density at radius 3 is 3.04 bits per heavy atom. The molecule has 0 radical (unpaired) electrons. The summed E-state index contributed by atoms with van der Waals surface area (Å²) >= 11 is 3.38. The maximum Gasteiger partial charge on any atom is 0.255 e. The summed E-state index contributed by atoms with van der Waals surface area (Å²) in [6.07, 6.45) is 6.25. The Morgan fingerprint density at radius 2 is 2.26 bits per heavy atom. The molecule has 0 unspecified atom stereocenters. The van der Waals surface area contributed by atoms with Crippen molar-refractivity contribution in [3.8, 4) is 5.75 Å². The monoisotopic (exact) mass is 374 g/mol. The highest BCUT2D eigenvalue weighted by atomic mass is 79.9. The minimum atomic E-state index is 0.0594. The topological polar surface area (TPSA) is 42.4 Å². The van der Waals surface area contributed by atoms with Gasteiger partial charge < -0.3 is 9.64 Å². The van der Waals surface area contributed by atoms with Crippen molar-refractivity contribution in [2.75, 3.05) is 13.7 Å². The molecule has 0 N–H and O–H groups in total. The van der Waals surface area contributed by atoms with Crippen molar-refractivity contribution in [2.24, 2.45) is 0 Å². The van der Waals surface area contributed by atoms with Gasteiger partial charge in [0.1, 0.15) is 5.75 Å². The number of aromatic nitrogens is 1. The van der Waals surface area contributed by atoms with Crippen LogP contribution in [0.4, 0.5) is 0 Å². The molecule has 1 aliphatic heterocycles. The minimum Gasteiger partial charge on any atom is -0.497 e. The first-order valence-corrected chi connectivity index (χ1v) is 8.51. The van der Waals surface area contributed by atoms with Crippen LogP contribution in [0.5, 0.6) is 5.75 Å². The van der Waals surface area contributed by atoms with E-state index in [4.69, 9.17) is 4.74 Å². The Kier molecular flexibility index (Phi) is 4.96. The van der Waals surface area contributed by atoms with Crippen molar-refractivity contribution in [2.45, 2.75) is 25.3 Å². The Labute approximate surface area is 144 Å². The summed E-state index contributed by atoms with van der Waals surface area (Å²) in [5, 5.41) is 0. The number of ether oxygens (including phenoxy) is 1. The maximum atomic E-state index is 12.8. The van der Waals surface area contributed by atoms with Gasteiger partial charge in [-0.1, -0.05) is 12.1 Å². The third-order valence-electron chi connectivity index (χ3n) is 4.20. The summed E-state index contributed by atoms with van der Waals surface area (Å²) < 4.78 is 6.11. The minimum absolute atomic E-state index is 0.0594. The molecule has 1 fully saturated rings. The van der Waals surface area contributed by atoms with Crippen LogP contribution in [-0.4, -0.2) is 35.5 Å². The Hall–Kier alpha value is -1.88. The van der Waals surface area contributed by atoms with E-state index in [0.29, 0.717) is 5.56 Å². The molecule has 1 amide bonds. The van der Waals surface area contributed by atoms with E-state index in [-0.39, 0.29) is 11.9 Å². The highest BCUT2D eigenvalue weighted by Gasteiger charge is 2.29. The molecule has 0 aliphatic carbocycles. The molecular weight excluding hydrogens is 356 g/mol. The van der Waals surface area contributed by atoms with Crippen LogP contribution in [0.3, 0.4) is 0 Å². The van der Waals surface area contributed by atoms with Gasteiger partial charge in [-0.25, -0.2) is 0 Å². The number of likely N-dealkylation sites (tertiary alicyclic amines) is 1. The normalized spacial score (nSPS) is 17.3. The van der Waals surface area contributed by atoms with E-state index < -0.39 is 0 Å². The second-order valence-corrected chi connectivity index (χ2v) is 6.66. The van der Waals surface area contributed by atoms with E-state index in [2.05, 4.69) is 27.0 Å². The number of halogens is 1. The first-order chi connectivity index (χ1) is 11.2. The van der Waals surface area contributed by atoms with Crippen molar-refractivity contribution in [3.05, 3.63) is 58.3 Å². The Morgan fingerprint density at radius 1 is 1.39 bits per heavy atom. The smallest absolute Gasteiger partial charge is 0.255 e. The molecule has 4 nitrogen and oxygen atoms in total. The van der Waals surface area contributed by atoms with E-state index in [1.165, 1.54) is 5.56 Å². The number of hydrogen-bond donors (Lipinski definition) is 0. The zero-order valence-electron chi connectivity index (χ0n) is 13.0. The van der Waals surface area contributed by atoms with Crippen molar-refractivity contribution < 1.29 is 9.53 Å². The summed E-state index contributed by atoms with van der Waals surface area (Å²) in [5.74, 6) is 0.916. The molecule has 2 heterocycles. The van der Waals surface area contributed by atoms with Crippen LogP contribution in [0.15, 0.2) is 47.2 Å². The third-order valence-corrected chi connectivity index (χ3v) is 4.63. The molecule has 0 spiro atoms. The van der Waals surface area contributed by atoms with E-state index in [0.717, 1.165) is 36.0 Å². The van der Waals surface area contributed by atoms with Gasteiger partial charge in [0.25, 0.3) is 5.91 Å². The molecule has 5 heteroatoms. The van der Waals surface area contributed by atoms with Gasteiger partial charge in [0.2, 0.25) is 0 Å². The maximum absolute atomic E-state index is 12.8. The lowest BCUT2D eigenvalue weighted by molar-refractivity contribution is 0.0736. The molecule has 0 saturated carbocycles. The molecule has 1 saturated heterocycles. The van der Waals surface area contributed by atoms with Crippen molar-refractivity contribution in [3.63, 3.8) is 0 Å². The second-order valence-electron chi connectivity index (χ2n) is 5.74. The van der Waals surface area contributed by atoms with Gasteiger partial charge in [-0.3, -0.25) is 9.78 Å². The molecular formula is C18H19BrN2O2. The fourth-order valence-electron chi connectivity index (χ4n) is 3.08. The van der Waals surface area contributed by atoms with Crippen molar-refractivity contribution in [1.29, 1.82) is 0 Å². The summed E-state index contributed by atoms with van der Waals surface area (Å²) in [7, 11) is 1.67. The molecule has 23 heavy (non-hydrogen) atoms. The zero-order chi connectivity index (χ0) is 16.2. The van der Waals surface area contributed by atoms with Gasteiger partial charge in [-0.05, 0) is 59.0 Å². The van der Waals surface area contributed by atoms with Gasteiger partial charge >= 0.3 is 0 Å². The van der Waals surface area contributed by atoms with Crippen LogP contribution in [0.1, 0.15) is 28.8 Å². The molecule has 1 aromatic heterocycles. The van der Waals surface area contributed by atoms with Crippen LogP contribution in [-0.2, 0) is 6.42 Å². The van der Waals surface area contributed by atoms with Gasteiger partial charge in [0.05, 0.1) is 12.7 Å². The molecule has 1 aliphatic rings. The molecule has 3 rings (SSSR count). The number of rotatable bonds is 4. The Balaban J connectivity index is 1.76. The highest BCUT2D eigenvalue weighted by molar-refractivity contribution is 9.10. The SMILES string of the molecule is COc1cccc(C[C@H]2CCCN2C(=O)c2cncc(Br)c2)c1. The molecule has 1 aromatic carbocycles. The fraction of sp³-hybridized carbons (Fsp3) is 0.333. The average molecular weight is 375 g/mol. The van der Waals surface area contributed by atoms with Crippen molar-refractivity contribution >= 4 is 21.8 Å². The lowest BCUT2D eigenvalue weighted by atomic mass is 10.0. The lowest BCUT2D eigenvalue weighted by Crippen LogP contribution is -2.36. The van der Waals surface area contributed by atoms with Crippen LogP contribution < -0.4 is 4.74 Å². The number of pyridine rings is 1. The number of carbonyl (C=O) groups is 1. The van der Waals surface area contributed by atoms with Gasteiger partial charge in [0.15, 0.2) is 0 Å². The number of hydrogen-bond acceptors (Lipinski definition) is 3. The fourth-order valence-corrected chi connectivity index (χ4v) is 3.45. The standard InChI is InChI=1S/C18H19BrN2O2/c1-23-17-6-2-4-13(9-17)8-16-5-3-7-21(16)18(22)14-10-15(19)12-20-11-14/h2,4,6,9-12,16H,3,5,7-8H2,1H3/t16-/m1/s1. The lowest BCUT2D eigenvalue weighted by Gasteiger charge is -2.25. The van der Waals surface area contributed by atoms with E-state index in [1.807, 2.05) is 29.2 Å². The number of amides is 1. The van der Waals surface area contributed by atoms with Gasteiger partial charge in [-0.2, -0.15) is 0 Å². The number of methoxy groups -OCH3 is 1. The molecule has 2 aromatic rings. The van der Waals surface area contributed by atoms with Crippen LogP contribution in [0.2, 0.25) is 0 Å². The van der Waals surface area contributed by atoms with E-state index >= 15 is 0 Å². The Bertz CT molecular complexity index is 705.